The fraction of sp³-hybridized carbons (Fsp3) is 1.00. The summed E-state index contributed by atoms with van der Waals surface area (Å²) in [6, 6.07) is 0.270. The highest BCUT2D eigenvalue weighted by Crippen LogP contribution is 2.25. The zero-order valence-corrected chi connectivity index (χ0v) is 9.29. The smallest absolute Gasteiger partial charge is 0.135 e. The van der Waals surface area contributed by atoms with Gasteiger partial charge in [0.1, 0.15) is 12.7 Å². The van der Waals surface area contributed by atoms with Crippen molar-refractivity contribution in [3.8, 4) is 0 Å². The molecule has 2 unspecified atom stereocenters. The number of nitrogens with zero attached hydrogens (tertiary/aromatic N) is 2. The Bertz CT molecular complexity index is 168. The highest BCUT2D eigenvalue weighted by Gasteiger charge is 2.37. The van der Waals surface area contributed by atoms with Crippen LogP contribution in [0.4, 0.5) is 0 Å². The fourth-order valence-corrected chi connectivity index (χ4v) is 2.32. The van der Waals surface area contributed by atoms with Gasteiger partial charge in [-0.05, 0) is 6.42 Å². The Labute approximate surface area is 81.5 Å². The maximum Gasteiger partial charge on any atom is 0.135 e. The summed E-state index contributed by atoms with van der Waals surface area (Å²) in [5.41, 5.74) is 0. The van der Waals surface area contributed by atoms with Crippen LogP contribution in [0, 0.1) is 11.1 Å². The van der Waals surface area contributed by atoms with E-state index in [2.05, 4.69) is 25.7 Å². The molecule has 0 bridgehead atoms. The van der Waals surface area contributed by atoms with Gasteiger partial charge in [-0.15, -0.1) is 0 Å². The van der Waals surface area contributed by atoms with Crippen LogP contribution >= 0.6 is 0 Å². The Morgan fingerprint density at radius 2 is 2.15 bits per heavy atom. The van der Waals surface area contributed by atoms with Gasteiger partial charge in [0.15, 0.2) is 0 Å². The largest absolute Gasteiger partial charge is 0.632 e. The van der Waals surface area contributed by atoms with Crippen LogP contribution < -0.4 is 0 Å². The van der Waals surface area contributed by atoms with E-state index in [4.69, 9.17) is 0 Å². The summed E-state index contributed by atoms with van der Waals surface area (Å²) >= 11 is 0. The van der Waals surface area contributed by atoms with Crippen molar-refractivity contribution in [1.82, 2.24) is 4.90 Å². The van der Waals surface area contributed by atoms with Crippen LogP contribution in [0.3, 0.4) is 0 Å². The van der Waals surface area contributed by atoms with Gasteiger partial charge in [0.25, 0.3) is 0 Å². The number of likely N-dealkylation sites (N-methyl/N-ethyl adjacent to an activating group) is 1. The van der Waals surface area contributed by atoms with E-state index in [1.807, 2.05) is 0 Å². The number of hydroxylamine groups is 3. The zero-order chi connectivity index (χ0) is 10.1. The molecule has 0 aliphatic carbocycles. The first kappa shape index (κ1) is 11.0. The lowest BCUT2D eigenvalue weighted by atomic mass is 10.0. The van der Waals surface area contributed by atoms with Crippen molar-refractivity contribution in [2.45, 2.75) is 33.2 Å². The van der Waals surface area contributed by atoms with E-state index in [1.54, 1.807) is 7.05 Å². The lowest BCUT2D eigenvalue weighted by molar-refractivity contribution is -0.880. The van der Waals surface area contributed by atoms with Crippen molar-refractivity contribution in [1.29, 1.82) is 0 Å². The van der Waals surface area contributed by atoms with Crippen LogP contribution in [0.25, 0.3) is 0 Å². The van der Waals surface area contributed by atoms with E-state index < -0.39 is 0 Å². The summed E-state index contributed by atoms with van der Waals surface area (Å²) in [7, 11) is 1.81. The van der Waals surface area contributed by atoms with Gasteiger partial charge in [-0.1, -0.05) is 20.8 Å². The molecule has 1 aliphatic rings. The molecule has 0 radical (unpaired) electrons. The minimum atomic E-state index is -0.0718. The maximum atomic E-state index is 12.1. The highest BCUT2D eigenvalue weighted by atomic mass is 16.6. The van der Waals surface area contributed by atoms with Gasteiger partial charge in [0.05, 0.1) is 13.6 Å². The molecule has 1 heterocycles. The second kappa shape index (κ2) is 3.95. The van der Waals surface area contributed by atoms with Gasteiger partial charge in [-0.25, -0.2) is 0 Å². The standard InChI is InChI=1S/C10H22N2O/c1-5-6-11-7-10(9(2)3)12(4,13)8-11/h9-10H,5-8H2,1-4H3. The van der Waals surface area contributed by atoms with Crippen molar-refractivity contribution in [3.63, 3.8) is 0 Å². The second-order valence-electron chi connectivity index (χ2n) is 4.70. The summed E-state index contributed by atoms with van der Waals surface area (Å²) in [6.45, 7) is 9.18. The molecular weight excluding hydrogens is 164 g/mol. The third-order valence-electron chi connectivity index (χ3n) is 2.94. The Morgan fingerprint density at radius 1 is 1.54 bits per heavy atom. The van der Waals surface area contributed by atoms with Crippen molar-refractivity contribution < 1.29 is 4.65 Å². The van der Waals surface area contributed by atoms with E-state index in [1.165, 1.54) is 0 Å². The molecule has 1 aliphatic heterocycles. The SMILES string of the molecule is CCCN1CC(C(C)C)[N+](C)([O-])C1. The number of hydrogen-bond acceptors (Lipinski definition) is 2. The Morgan fingerprint density at radius 3 is 2.54 bits per heavy atom. The van der Waals surface area contributed by atoms with Crippen LogP contribution in [-0.4, -0.2) is 42.4 Å². The normalized spacial score (nSPS) is 36.0. The second-order valence-corrected chi connectivity index (χ2v) is 4.70. The van der Waals surface area contributed by atoms with E-state index in [-0.39, 0.29) is 10.7 Å². The van der Waals surface area contributed by atoms with Crippen molar-refractivity contribution in [3.05, 3.63) is 5.21 Å². The van der Waals surface area contributed by atoms with Crippen LogP contribution in [0.15, 0.2) is 0 Å². The summed E-state index contributed by atoms with van der Waals surface area (Å²) in [6.07, 6.45) is 1.14. The first-order valence-corrected chi connectivity index (χ1v) is 5.26. The molecular formula is C10H22N2O. The fourth-order valence-electron chi connectivity index (χ4n) is 2.32. The van der Waals surface area contributed by atoms with Crippen LogP contribution in [0.5, 0.6) is 0 Å². The molecule has 1 fully saturated rings. The lowest BCUT2D eigenvalue weighted by Gasteiger charge is -2.41. The first-order chi connectivity index (χ1) is 5.97. The third-order valence-corrected chi connectivity index (χ3v) is 2.94. The van der Waals surface area contributed by atoms with Crippen molar-refractivity contribution in [2.75, 3.05) is 26.8 Å². The molecule has 78 valence electrons. The molecule has 1 rings (SSSR count). The zero-order valence-electron chi connectivity index (χ0n) is 9.29. The Balaban J connectivity index is 2.57. The molecule has 0 N–H and O–H groups in total. The Kier molecular flexibility index (Phi) is 3.33. The first-order valence-electron chi connectivity index (χ1n) is 5.26. The van der Waals surface area contributed by atoms with Crippen molar-refractivity contribution in [2.24, 2.45) is 5.92 Å². The lowest BCUT2D eigenvalue weighted by Crippen LogP contribution is -2.46. The molecule has 1 saturated heterocycles. The van der Waals surface area contributed by atoms with Gasteiger partial charge in [0, 0.05) is 12.5 Å². The summed E-state index contributed by atoms with van der Waals surface area (Å²) < 4.78 is -0.0718. The van der Waals surface area contributed by atoms with Gasteiger partial charge in [-0.2, -0.15) is 0 Å². The van der Waals surface area contributed by atoms with Gasteiger partial charge >= 0.3 is 0 Å². The predicted octanol–water partition coefficient (Wildman–Crippen LogP) is 1.64. The predicted molar refractivity (Wildman–Crippen MR) is 54.9 cm³/mol. The highest BCUT2D eigenvalue weighted by molar-refractivity contribution is 4.75. The summed E-state index contributed by atoms with van der Waals surface area (Å²) in [4.78, 5) is 2.29. The molecule has 0 aromatic carbocycles. The summed E-state index contributed by atoms with van der Waals surface area (Å²) in [5, 5.41) is 12.1. The molecule has 2 atom stereocenters. The van der Waals surface area contributed by atoms with Crippen LogP contribution in [-0.2, 0) is 0 Å². The molecule has 0 aromatic heterocycles. The van der Waals surface area contributed by atoms with E-state index >= 15 is 0 Å². The number of rotatable bonds is 3. The molecule has 13 heavy (non-hydrogen) atoms. The topological polar surface area (TPSA) is 26.3 Å². The molecule has 0 amide bonds. The van der Waals surface area contributed by atoms with Crippen LogP contribution in [0.1, 0.15) is 27.2 Å². The van der Waals surface area contributed by atoms with Crippen LogP contribution in [0.2, 0.25) is 0 Å². The van der Waals surface area contributed by atoms with E-state index in [0.717, 1.165) is 19.5 Å². The molecule has 0 spiro atoms. The Hall–Kier alpha value is -0.120. The molecule has 0 aromatic rings. The third kappa shape index (κ3) is 2.42. The van der Waals surface area contributed by atoms with Gasteiger partial charge < -0.3 is 9.85 Å². The number of quaternary nitrogens is 1. The minimum Gasteiger partial charge on any atom is -0.632 e. The van der Waals surface area contributed by atoms with Gasteiger partial charge in [0.2, 0.25) is 0 Å². The quantitative estimate of drug-likeness (QED) is 0.495. The minimum absolute atomic E-state index is 0.0718. The maximum absolute atomic E-state index is 12.1. The monoisotopic (exact) mass is 186 g/mol. The summed E-state index contributed by atoms with van der Waals surface area (Å²) in [5.74, 6) is 0.490. The van der Waals surface area contributed by atoms with Gasteiger partial charge in [-0.3, -0.25) is 4.90 Å². The van der Waals surface area contributed by atoms with Crippen molar-refractivity contribution >= 4 is 0 Å². The molecule has 3 nitrogen and oxygen atoms in total. The molecule has 0 saturated carbocycles. The number of hydrogen-bond donors (Lipinski definition) is 0. The average Bonchev–Trinajstić information content (AvgIpc) is 2.26. The van der Waals surface area contributed by atoms with E-state index in [9.17, 15) is 5.21 Å². The van der Waals surface area contributed by atoms with E-state index in [0.29, 0.717) is 12.6 Å². The molecule has 3 heteroatoms. The average molecular weight is 186 g/mol.